The smallest absolute Gasteiger partial charge is 0.0698 e. The Morgan fingerprint density at radius 2 is 2.29 bits per heavy atom. The molecule has 1 rings (SSSR count). The predicted molar refractivity (Wildman–Crippen MR) is 73.5 cm³/mol. The summed E-state index contributed by atoms with van der Waals surface area (Å²) in [5, 5.41) is 3.55. The fraction of sp³-hybridized carbons (Fsp3) is 1.00. The second-order valence-electron chi connectivity index (χ2n) is 5.30. The molecule has 0 aromatic heterocycles. The molecule has 1 aliphatic rings. The van der Waals surface area contributed by atoms with E-state index in [1.807, 2.05) is 7.11 Å². The van der Waals surface area contributed by atoms with Crippen LogP contribution < -0.4 is 5.32 Å². The Kier molecular flexibility index (Phi) is 7.82. The molecule has 0 saturated carbocycles. The summed E-state index contributed by atoms with van der Waals surface area (Å²) in [4.78, 5) is 2.56. The average Bonchev–Trinajstić information content (AvgIpc) is 2.36. The molecule has 1 saturated heterocycles. The van der Waals surface area contributed by atoms with Gasteiger partial charge < -0.3 is 15.0 Å². The Morgan fingerprint density at radius 3 is 3.00 bits per heavy atom. The van der Waals surface area contributed by atoms with Gasteiger partial charge in [-0.25, -0.2) is 0 Å². The van der Waals surface area contributed by atoms with Gasteiger partial charge in [-0.1, -0.05) is 6.92 Å². The van der Waals surface area contributed by atoms with Crippen molar-refractivity contribution in [2.45, 2.75) is 58.1 Å². The van der Waals surface area contributed by atoms with Crippen LogP contribution in [0.2, 0.25) is 0 Å². The molecule has 3 nitrogen and oxygen atoms in total. The van der Waals surface area contributed by atoms with Crippen molar-refractivity contribution in [1.29, 1.82) is 0 Å². The van der Waals surface area contributed by atoms with Crippen molar-refractivity contribution in [1.82, 2.24) is 10.2 Å². The fourth-order valence-corrected chi connectivity index (χ4v) is 2.52. The first-order valence-electron chi connectivity index (χ1n) is 7.24. The molecule has 0 aromatic rings. The molecule has 102 valence electrons. The first kappa shape index (κ1) is 14.9. The SMILES string of the molecule is CCCNC(C)CCCN1CCCC(OC)C1. The van der Waals surface area contributed by atoms with E-state index in [0.29, 0.717) is 12.1 Å². The summed E-state index contributed by atoms with van der Waals surface area (Å²) in [5.74, 6) is 0. The van der Waals surface area contributed by atoms with Gasteiger partial charge in [-0.2, -0.15) is 0 Å². The van der Waals surface area contributed by atoms with Gasteiger partial charge in [-0.3, -0.25) is 0 Å². The van der Waals surface area contributed by atoms with Crippen molar-refractivity contribution in [2.75, 3.05) is 33.3 Å². The molecule has 0 radical (unpaired) electrons. The maximum absolute atomic E-state index is 5.45. The highest BCUT2D eigenvalue weighted by atomic mass is 16.5. The summed E-state index contributed by atoms with van der Waals surface area (Å²) in [6.45, 7) is 9.29. The van der Waals surface area contributed by atoms with Crippen molar-refractivity contribution in [3.05, 3.63) is 0 Å². The van der Waals surface area contributed by atoms with Crippen molar-refractivity contribution < 1.29 is 4.74 Å². The maximum atomic E-state index is 5.45. The van der Waals surface area contributed by atoms with Gasteiger partial charge in [0, 0.05) is 19.7 Å². The van der Waals surface area contributed by atoms with Gasteiger partial charge in [0.15, 0.2) is 0 Å². The number of methoxy groups -OCH3 is 1. The molecule has 1 aliphatic heterocycles. The summed E-state index contributed by atoms with van der Waals surface area (Å²) < 4.78 is 5.45. The minimum atomic E-state index is 0.472. The molecule has 2 atom stereocenters. The van der Waals surface area contributed by atoms with E-state index in [2.05, 4.69) is 24.1 Å². The molecule has 3 heteroatoms. The van der Waals surface area contributed by atoms with Crippen LogP contribution in [0.5, 0.6) is 0 Å². The lowest BCUT2D eigenvalue weighted by Crippen LogP contribution is -2.40. The van der Waals surface area contributed by atoms with E-state index in [1.165, 1.54) is 45.2 Å². The Labute approximate surface area is 107 Å². The first-order chi connectivity index (χ1) is 8.26. The molecular formula is C14H30N2O. The van der Waals surface area contributed by atoms with Crippen LogP contribution in [0.3, 0.4) is 0 Å². The second-order valence-corrected chi connectivity index (χ2v) is 5.30. The van der Waals surface area contributed by atoms with Crippen LogP contribution in [0, 0.1) is 0 Å². The number of nitrogens with one attached hydrogen (secondary N) is 1. The minimum absolute atomic E-state index is 0.472. The predicted octanol–water partition coefficient (Wildman–Crippen LogP) is 2.27. The van der Waals surface area contributed by atoms with Crippen LogP contribution in [0.25, 0.3) is 0 Å². The highest BCUT2D eigenvalue weighted by Gasteiger charge is 2.18. The molecule has 1 fully saturated rings. The van der Waals surface area contributed by atoms with E-state index in [0.717, 1.165) is 13.1 Å². The molecule has 1 N–H and O–H groups in total. The van der Waals surface area contributed by atoms with Gasteiger partial charge in [0.1, 0.15) is 0 Å². The van der Waals surface area contributed by atoms with Gasteiger partial charge in [-0.05, 0) is 58.7 Å². The van der Waals surface area contributed by atoms with E-state index in [-0.39, 0.29) is 0 Å². The highest BCUT2D eigenvalue weighted by Crippen LogP contribution is 2.13. The quantitative estimate of drug-likeness (QED) is 0.706. The lowest BCUT2D eigenvalue weighted by Gasteiger charge is -2.32. The third kappa shape index (κ3) is 6.39. The molecule has 17 heavy (non-hydrogen) atoms. The highest BCUT2D eigenvalue weighted by molar-refractivity contribution is 4.73. The van der Waals surface area contributed by atoms with Crippen LogP contribution in [0.4, 0.5) is 0 Å². The minimum Gasteiger partial charge on any atom is -0.380 e. The summed E-state index contributed by atoms with van der Waals surface area (Å²) in [5.41, 5.74) is 0. The maximum Gasteiger partial charge on any atom is 0.0698 e. The summed E-state index contributed by atoms with van der Waals surface area (Å²) >= 11 is 0. The number of likely N-dealkylation sites (tertiary alicyclic amines) is 1. The topological polar surface area (TPSA) is 24.5 Å². The number of ether oxygens (including phenoxy) is 1. The average molecular weight is 242 g/mol. The third-order valence-electron chi connectivity index (χ3n) is 3.65. The monoisotopic (exact) mass is 242 g/mol. The van der Waals surface area contributed by atoms with Gasteiger partial charge >= 0.3 is 0 Å². The van der Waals surface area contributed by atoms with Crippen molar-refractivity contribution in [2.24, 2.45) is 0 Å². The van der Waals surface area contributed by atoms with Crippen molar-refractivity contribution in [3.8, 4) is 0 Å². The third-order valence-corrected chi connectivity index (χ3v) is 3.65. The van der Waals surface area contributed by atoms with Gasteiger partial charge in [-0.15, -0.1) is 0 Å². The van der Waals surface area contributed by atoms with Crippen molar-refractivity contribution in [3.63, 3.8) is 0 Å². The number of hydrogen-bond acceptors (Lipinski definition) is 3. The van der Waals surface area contributed by atoms with Crippen LogP contribution in [-0.4, -0.2) is 50.3 Å². The van der Waals surface area contributed by atoms with Crippen LogP contribution in [0.15, 0.2) is 0 Å². The molecule has 0 amide bonds. The number of rotatable bonds is 8. The van der Waals surface area contributed by atoms with E-state index in [4.69, 9.17) is 4.74 Å². The molecule has 0 bridgehead atoms. The normalized spacial score (nSPS) is 23.8. The Balaban J connectivity index is 2.05. The lowest BCUT2D eigenvalue weighted by molar-refractivity contribution is 0.0307. The second kappa shape index (κ2) is 8.90. The van der Waals surface area contributed by atoms with Crippen molar-refractivity contribution >= 4 is 0 Å². The molecule has 0 aromatic carbocycles. The lowest BCUT2D eigenvalue weighted by atomic mass is 10.1. The zero-order valence-corrected chi connectivity index (χ0v) is 11.9. The van der Waals surface area contributed by atoms with E-state index < -0.39 is 0 Å². The Bertz CT molecular complexity index is 187. The Hall–Kier alpha value is -0.120. The summed E-state index contributed by atoms with van der Waals surface area (Å²) in [6, 6.07) is 0.665. The summed E-state index contributed by atoms with van der Waals surface area (Å²) in [6.07, 6.45) is 6.82. The first-order valence-corrected chi connectivity index (χ1v) is 7.24. The zero-order chi connectivity index (χ0) is 12.5. The zero-order valence-electron chi connectivity index (χ0n) is 11.9. The number of hydrogen-bond donors (Lipinski definition) is 1. The van der Waals surface area contributed by atoms with Gasteiger partial charge in [0.05, 0.1) is 6.10 Å². The van der Waals surface area contributed by atoms with E-state index >= 15 is 0 Å². The molecule has 0 aliphatic carbocycles. The number of piperidine rings is 1. The van der Waals surface area contributed by atoms with Crippen LogP contribution in [-0.2, 0) is 4.74 Å². The van der Waals surface area contributed by atoms with Crippen LogP contribution in [0.1, 0.15) is 46.0 Å². The largest absolute Gasteiger partial charge is 0.380 e. The van der Waals surface area contributed by atoms with Gasteiger partial charge in [0.25, 0.3) is 0 Å². The van der Waals surface area contributed by atoms with Gasteiger partial charge in [0.2, 0.25) is 0 Å². The molecule has 2 unspecified atom stereocenters. The summed E-state index contributed by atoms with van der Waals surface area (Å²) in [7, 11) is 1.84. The fourth-order valence-electron chi connectivity index (χ4n) is 2.52. The van der Waals surface area contributed by atoms with E-state index in [1.54, 1.807) is 0 Å². The van der Waals surface area contributed by atoms with Crippen LogP contribution >= 0.6 is 0 Å². The molecular weight excluding hydrogens is 212 g/mol. The molecule has 1 heterocycles. The molecule has 0 spiro atoms. The van der Waals surface area contributed by atoms with E-state index in [9.17, 15) is 0 Å². The Morgan fingerprint density at radius 1 is 1.47 bits per heavy atom. The number of nitrogens with zero attached hydrogens (tertiary/aromatic N) is 1. The standard InChI is InChI=1S/C14H30N2O/c1-4-9-15-13(2)7-5-10-16-11-6-8-14(12-16)17-3/h13-15H,4-12H2,1-3H3.